The zero-order valence-corrected chi connectivity index (χ0v) is 20.8. The molecule has 0 unspecified atom stereocenters. The van der Waals surface area contributed by atoms with Crippen molar-refractivity contribution in [1.29, 1.82) is 0 Å². The molecule has 8 nitrogen and oxygen atoms in total. The monoisotopic (exact) mass is 497 g/mol. The lowest BCUT2D eigenvalue weighted by Gasteiger charge is -2.28. The lowest BCUT2D eigenvalue weighted by atomic mass is 9.81. The van der Waals surface area contributed by atoms with Crippen LogP contribution in [-0.4, -0.2) is 40.1 Å². The number of fused-ring (bicyclic) bond motifs is 1. The third kappa shape index (κ3) is 5.74. The number of sulfonamides is 1. The number of nitrogens with one attached hydrogen (secondary N) is 2. The normalized spacial score (nSPS) is 18.2. The minimum absolute atomic E-state index is 0.00994. The molecule has 35 heavy (non-hydrogen) atoms. The summed E-state index contributed by atoms with van der Waals surface area (Å²) in [6.45, 7) is 0.707. The van der Waals surface area contributed by atoms with Gasteiger partial charge in [0.1, 0.15) is 4.90 Å². The third-order valence-corrected chi connectivity index (χ3v) is 8.06. The van der Waals surface area contributed by atoms with Gasteiger partial charge in [0.15, 0.2) is 11.5 Å². The first-order chi connectivity index (χ1) is 16.9. The van der Waals surface area contributed by atoms with Crippen LogP contribution in [0, 0.1) is 11.8 Å². The quantitative estimate of drug-likeness (QED) is 0.467. The molecule has 9 heteroatoms. The van der Waals surface area contributed by atoms with E-state index < -0.39 is 10.0 Å². The van der Waals surface area contributed by atoms with E-state index in [9.17, 15) is 13.2 Å². The molecule has 2 N–H and O–H groups in total. The molecule has 0 radical (unpaired) electrons. The van der Waals surface area contributed by atoms with Crippen molar-refractivity contribution in [2.45, 2.75) is 37.1 Å². The van der Waals surface area contributed by atoms with Gasteiger partial charge in [0, 0.05) is 36.2 Å². The second kappa shape index (κ2) is 11.0. The molecule has 0 spiro atoms. The average molecular weight is 498 g/mol. The molecular weight excluding hydrogens is 466 g/mol. The summed E-state index contributed by atoms with van der Waals surface area (Å²) in [5.41, 5.74) is 1.32. The number of aromatic nitrogens is 1. The molecule has 2 aromatic carbocycles. The van der Waals surface area contributed by atoms with Gasteiger partial charge in [-0.05, 0) is 49.8 Å². The van der Waals surface area contributed by atoms with Crippen molar-refractivity contribution in [2.75, 3.05) is 20.8 Å². The van der Waals surface area contributed by atoms with Gasteiger partial charge in [-0.3, -0.25) is 9.78 Å². The highest BCUT2D eigenvalue weighted by Gasteiger charge is 2.28. The van der Waals surface area contributed by atoms with Gasteiger partial charge in [-0.25, -0.2) is 13.1 Å². The lowest BCUT2D eigenvalue weighted by Crippen LogP contribution is -2.36. The molecule has 1 aliphatic carbocycles. The topological polar surface area (TPSA) is 107 Å². The fourth-order valence-corrected chi connectivity index (χ4v) is 5.94. The smallest absolute Gasteiger partial charge is 0.242 e. The number of rotatable bonds is 9. The van der Waals surface area contributed by atoms with Crippen LogP contribution in [0.25, 0.3) is 10.9 Å². The number of benzene rings is 2. The van der Waals surface area contributed by atoms with Gasteiger partial charge in [-0.15, -0.1) is 0 Å². The Bertz CT molecular complexity index is 1280. The molecule has 1 heterocycles. The number of hydrogen-bond acceptors (Lipinski definition) is 6. The van der Waals surface area contributed by atoms with Gasteiger partial charge in [0.25, 0.3) is 0 Å². The largest absolute Gasteiger partial charge is 0.493 e. The maximum absolute atomic E-state index is 12.9. The summed E-state index contributed by atoms with van der Waals surface area (Å²) >= 11 is 0. The minimum atomic E-state index is -3.68. The van der Waals surface area contributed by atoms with Gasteiger partial charge >= 0.3 is 0 Å². The Labute approximate surface area is 206 Å². The van der Waals surface area contributed by atoms with E-state index in [4.69, 9.17) is 9.47 Å². The highest BCUT2D eigenvalue weighted by Crippen LogP contribution is 2.32. The van der Waals surface area contributed by atoms with E-state index in [0.717, 1.165) is 36.6 Å². The number of pyridine rings is 1. The number of carbonyl (C=O) groups is 1. The molecule has 0 aliphatic heterocycles. The fourth-order valence-electron chi connectivity index (χ4n) is 4.65. The SMILES string of the molecule is COc1cccc(CNC(=O)C2CCC(CNS(=O)(=O)c3cccc4cccnc34)CC2)c1OC. The molecule has 0 bridgehead atoms. The average Bonchev–Trinajstić information content (AvgIpc) is 2.90. The summed E-state index contributed by atoms with van der Waals surface area (Å²) in [4.78, 5) is 17.2. The van der Waals surface area contributed by atoms with Crippen LogP contribution in [0.3, 0.4) is 0 Å². The standard InChI is InChI=1S/C26H31N3O5S/c1-33-22-9-3-7-21(25(22)34-2)17-28-26(30)20-13-11-18(12-14-20)16-29-35(31,32)23-10-4-6-19-8-5-15-27-24(19)23/h3-10,15,18,20,29H,11-14,16-17H2,1-2H3,(H,28,30). The van der Waals surface area contributed by atoms with E-state index in [1.807, 2.05) is 30.3 Å². The van der Waals surface area contributed by atoms with Gasteiger partial charge in [0.2, 0.25) is 15.9 Å². The van der Waals surface area contributed by atoms with Crippen LogP contribution in [0.1, 0.15) is 31.2 Å². The van der Waals surface area contributed by atoms with Crippen molar-refractivity contribution >= 4 is 26.8 Å². The molecule has 4 rings (SSSR count). The summed E-state index contributed by atoms with van der Waals surface area (Å²) in [7, 11) is -0.522. The van der Waals surface area contributed by atoms with Crippen molar-refractivity contribution < 1.29 is 22.7 Å². The first-order valence-electron chi connectivity index (χ1n) is 11.7. The molecule has 1 aliphatic rings. The number of nitrogens with zero attached hydrogens (tertiary/aromatic N) is 1. The van der Waals surface area contributed by atoms with Crippen LogP contribution in [-0.2, 0) is 21.4 Å². The summed E-state index contributed by atoms with van der Waals surface area (Å²) < 4.78 is 39.4. The van der Waals surface area contributed by atoms with Crippen LogP contribution in [0.5, 0.6) is 11.5 Å². The van der Waals surface area contributed by atoms with Crippen LogP contribution >= 0.6 is 0 Å². The Kier molecular flexibility index (Phi) is 7.87. The summed E-state index contributed by atoms with van der Waals surface area (Å²) in [5, 5.41) is 3.80. The fraction of sp³-hybridized carbons (Fsp3) is 0.385. The predicted molar refractivity (Wildman–Crippen MR) is 134 cm³/mol. The number of methoxy groups -OCH3 is 2. The molecule has 1 fully saturated rings. The molecule has 1 aromatic heterocycles. The second-order valence-corrected chi connectivity index (χ2v) is 10.5. The van der Waals surface area contributed by atoms with E-state index in [2.05, 4.69) is 15.0 Å². The maximum atomic E-state index is 12.9. The van der Waals surface area contributed by atoms with Crippen LogP contribution < -0.4 is 19.5 Å². The second-order valence-electron chi connectivity index (χ2n) is 8.77. The Morgan fingerprint density at radius 2 is 1.74 bits per heavy atom. The number of ether oxygens (including phenoxy) is 2. The van der Waals surface area contributed by atoms with Crippen LogP contribution in [0.4, 0.5) is 0 Å². The van der Waals surface area contributed by atoms with E-state index in [0.29, 0.717) is 30.1 Å². The first-order valence-corrected chi connectivity index (χ1v) is 13.2. The van der Waals surface area contributed by atoms with Crippen molar-refractivity contribution in [2.24, 2.45) is 11.8 Å². The van der Waals surface area contributed by atoms with Gasteiger partial charge in [-0.1, -0.05) is 30.3 Å². The highest BCUT2D eigenvalue weighted by atomic mass is 32.2. The molecular formula is C26H31N3O5S. The highest BCUT2D eigenvalue weighted by molar-refractivity contribution is 7.89. The molecule has 186 valence electrons. The number of amides is 1. The predicted octanol–water partition coefficient (Wildman–Crippen LogP) is 3.65. The van der Waals surface area contributed by atoms with E-state index in [1.54, 1.807) is 38.6 Å². The van der Waals surface area contributed by atoms with Crippen LogP contribution in [0.2, 0.25) is 0 Å². The number of para-hydroxylation sites is 2. The Morgan fingerprint density at radius 1 is 1.00 bits per heavy atom. The summed E-state index contributed by atoms with van der Waals surface area (Å²) in [5.74, 6) is 1.36. The van der Waals surface area contributed by atoms with E-state index in [-0.39, 0.29) is 22.6 Å². The first kappa shape index (κ1) is 24.9. The van der Waals surface area contributed by atoms with E-state index >= 15 is 0 Å². The molecule has 3 aromatic rings. The lowest BCUT2D eigenvalue weighted by molar-refractivity contribution is -0.126. The maximum Gasteiger partial charge on any atom is 0.242 e. The molecule has 1 amide bonds. The molecule has 0 saturated heterocycles. The minimum Gasteiger partial charge on any atom is -0.493 e. The zero-order chi connectivity index (χ0) is 24.8. The Balaban J connectivity index is 1.29. The molecule has 1 saturated carbocycles. The van der Waals surface area contributed by atoms with Gasteiger partial charge < -0.3 is 14.8 Å². The Hall–Kier alpha value is -3.17. The number of hydrogen-bond donors (Lipinski definition) is 2. The Morgan fingerprint density at radius 3 is 2.49 bits per heavy atom. The van der Waals surface area contributed by atoms with Crippen molar-refractivity contribution in [3.05, 3.63) is 60.3 Å². The van der Waals surface area contributed by atoms with Crippen LogP contribution in [0.15, 0.2) is 59.6 Å². The summed E-state index contributed by atoms with van der Waals surface area (Å²) in [6, 6.07) is 14.4. The molecule has 0 atom stereocenters. The van der Waals surface area contributed by atoms with Gasteiger partial charge in [-0.2, -0.15) is 0 Å². The van der Waals surface area contributed by atoms with Gasteiger partial charge in [0.05, 0.1) is 19.7 Å². The third-order valence-electron chi connectivity index (χ3n) is 6.60. The van der Waals surface area contributed by atoms with Crippen molar-refractivity contribution in [3.8, 4) is 11.5 Å². The van der Waals surface area contributed by atoms with Crippen molar-refractivity contribution in [1.82, 2.24) is 15.0 Å². The summed E-state index contributed by atoms with van der Waals surface area (Å²) in [6.07, 6.45) is 4.62. The zero-order valence-electron chi connectivity index (χ0n) is 20.0. The van der Waals surface area contributed by atoms with E-state index in [1.165, 1.54) is 0 Å². The van der Waals surface area contributed by atoms with Crippen molar-refractivity contribution in [3.63, 3.8) is 0 Å². The number of carbonyl (C=O) groups excluding carboxylic acids is 1.